The quantitative estimate of drug-likeness (QED) is 0.557. The van der Waals surface area contributed by atoms with Crippen molar-refractivity contribution in [2.75, 3.05) is 15.4 Å². The molecule has 0 unspecified atom stereocenters. The molecule has 0 aliphatic heterocycles. The Kier molecular flexibility index (Phi) is 6.07. The third-order valence-electron chi connectivity index (χ3n) is 3.89. The number of rotatable bonds is 6. The molecule has 0 aliphatic rings. The Bertz CT molecular complexity index is 1190. The minimum atomic E-state index is -3.87. The van der Waals surface area contributed by atoms with Gasteiger partial charge < -0.3 is 10.6 Å². The molecule has 1 heterocycles. The third-order valence-corrected chi connectivity index (χ3v) is 5.23. The smallest absolute Gasteiger partial charge is 0.264 e. The van der Waals surface area contributed by atoms with Crippen molar-refractivity contribution >= 4 is 39.2 Å². The molecule has 0 bridgehead atoms. The molecule has 0 aliphatic carbocycles. The second-order valence-corrected chi connectivity index (χ2v) is 8.05. The van der Waals surface area contributed by atoms with Crippen molar-refractivity contribution in [2.45, 2.75) is 18.7 Å². The zero-order chi connectivity index (χ0) is 21.7. The van der Waals surface area contributed by atoms with Gasteiger partial charge in [-0.2, -0.15) is 0 Å². The summed E-state index contributed by atoms with van der Waals surface area (Å²) in [4.78, 5) is 31.5. The average molecular weight is 425 g/mol. The Balaban J connectivity index is 1.71. The van der Waals surface area contributed by atoms with E-state index in [1.54, 1.807) is 37.3 Å². The van der Waals surface area contributed by atoms with Gasteiger partial charge in [0.25, 0.3) is 15.9 Å². The molecule has 9 nitrogen and oxygen atoms in total. The maximum absolute atomic E-state index is 12.5. The fraction of sp³-hybridized carbons (Fsp3) is 0.100. The van der Waals surface area contributed by atoms with Crippen LogP contribution >= 0.6 is 0 Å². The van der Waals surface area contributed by atoms with E-state index in [9.17, 15) is 18.0 Å². The van der Waals surface area contributed by atoms with E-state index in [0.29, 0.717) is 22.6 Å². The van der Waals surface area contributed by atoms with Crippen LogP contribution in [0.2, 0.25) is 0 Å². The van der Waals surface area contributed by atoms with E-state index in [0.717, 1.165) is 0 Å². The molecular formula is C20H19N5O4S. The van der Waals surface area contributed by atoms with Gasteiger partial charge in [0.05, 0.1) is 4.90 Å². The SMILES string of the molecule is CC(=O)Nc1cccc(C(=O)Nc2ccc(S(=O)(=O)Nc3nccc(C)n3)cc2)c1. The summed E-state index contributed by atoms with van der Waals surface area (Å²) in [5.41, 5.74) is 1.89. The van der Waals surface area contributed by atoms with Crippen LogP contribution in [0.5, 0.6) is 0 Å². The van der Waals surface area contributed by atoms with Crippen LogP contribution in [-0.2, 0) is 14.8 Å². The fourth-order valence-corrected chi connectivity index (χ4v) is 3.49. The molecule has 3 N–H and O–H groups in total. The molecule has 0 fully saturated rings. The number of sulfonamides is 1. The van der Waals surface area contributed by atoms with Gasteiger partial charge in [-0.15, -0.1) is 0 Å². The maximum atomic E-state index is 12.5. The molecule has 3 rings (SSSR count). The van der Waals surface area contributed by atoms with Gasteiger partial charge in [-0.05, 0) is 55.5 Å². The van der Waals surface area contributed by atoms with Gasteiger partial charge in [0, 0.05) is 35.8 Å². The van der Waals surface area contributed by atoms with Crippen molar-refractivity contribution in [1.29, 1.82) is 0 Å². The van der Waals surface area contributed by atoms with Gasteiger partial charge in [0.1, 0.15) is 0 Å². The minimum absolute atomic E-state index is 0.00161. The van der Waals surface area contributed by atoms with Crippen molar-refractivity contribution in [1.82, 2.24) is 9.97 Å². The van der Waals surface area contributed by atoms with Gasteiger partial charge in [-0.3, -0.25) is 9.59 Å². The van der Waals surface area contributed by atoms with Crippen LogP contribution in [0.25, 0.3) is 0 Å². The van der Waals surface area contributed by atoms with Gasteiger partial charge in [0.15, 0.2) is 0 Å². The summed E-state index contributed by atoms with van der Waals surface area (Å²) in [6.45, 7) is 3.10. The molecular weight excluding hydrogens is 406 g/mol. The number of anilines is 3. The van der Waals surface area contributed by atoms with Crippen LogP contribution in [0.3, 0.4) is 0 Å². The number of hydrogen-bond acceptors (Lipinski definition) is 6. The molecule has 0 saturated carbocycles. The molecule has 0 spiro atoms. The molecule has 2 amide bonds. The highest BCUT2D eigenvalue weighted by Gasteiger charge is 2.16. The molecule has 3 aromatic rings. The van der Waals surface area contributed by atoms with E-state index in [1.807, 2.05) is 0 Å². The Labute approximate surface area is 173 Å². The average Bonchev–Trinajstić information content (AvgIpc) is 2.68. The van der Waals surface area contributed by atoms with E-state index < -0.39 is 15.9 Å². The zero-order valence-electron chi connectivity index (χ0n) is 16.2. The van der Waals surface area contributed by atoms with E-state index in [4.69, 9.17) is 0 Å². The van der Waals surface area contributed by atoms with E-state index >= 15 is 0 Å². The van der Waals surface area contributed by atoms with E-state index in [2.05, 4.69) is 25.3 Å². The zero-order valence-corrected chi connectivity index (χ0v) is 17.0. The summed E-state index contributed by atoms with van der Waals surface area (Å²) in [7, 11) is -3.87. The Morgan fingerprint density at radius 1 is 0.933 bits per heavy atom. The van der Waals surface area contributed by atoms with Crippen LogP contribution in [0.4, 0.5) is 17.3 Å². The number of aryl methyl sites for hydroxylation is 1. The largest absolute Gasteiger partial charge is 0.326 e. The number of carbonyl (C=O) groups is 2. The number of nitrogens with zero attached hydrogens (tertiary/aromatic N) is 2. The number of benzene rings is 2. The third kappa shape index (κ3) is 5.39. The lowest BCUT2D eigenvalue weighted by Crippen LogP contribution is -2.16. The summed E-state index contributed by atoms with van der Waals surface area (Å²) >= 11 is 0. The lowest BCUT2D eigenvalue weighted by molar-refractivity contribution is -0.114. The first-order chi connectivity index (χ1) is 14.2. The number of nitrogens with one attached hydrogen (secondary N) is 3. The summed E-state index contributed by atoms with van der Waals surface area (Å²) < 4.78 is 27.3. The van der Waals surface area contributed by atoms with Gasteiger partial charge in [-0.25, -0.2) is 23.1 Å². The first-order valence-electron chi connectivity index (χ1n) is 8.84. The van der Waals surface area contributed by atoms with Crippen LogP contribution < -0.4 is 15.4 Å². The van der Waals surface area contributed by atoms with E-state index in [-0.39, 0.29) is 16.8 Å². The highest BCUT2D eigenvalue weighted by molar-refractivity contribution is 7.92. The van der Waals surface area contributed by atoms with Crippen molar-refractivity contribution in [3.63, 3.8) is 0 Å². The van der Waals surface area contributed by atoms with Gasteiger partial charge in [0.2, 0.25) is 11.9 Å². The first-order valence-corrected chi connectivity index (χ1v) is 10.3. The van der Waals surface area contributed by atoms with Crippen LogP contribution in [0.1, 0.15) is 23.0 Å². The van der Waals surface area contributed by atoms with Gasteiger partial charge >= 0.3 is 0 Å². The Morgan fingerprint density at radius 2 is 1.67 bits per heavy atom. The highest BCUT2D eigenvalue weighted by atomic mass is 32.2. The predicted molar refractivity (Wildman–Crippen MR) is 113 cm³/mol. The molecule has 10 heteroatoms. The van der Waals surface area contributed by atoms with E-state index in [1.165, 1.54) is 37.4 Å². The standard InChI is InChI=1S/C20H19N5O4S/c1-13-10-11-21-20(22-13)25-30(28,29)18-8-6-16(7-9-18)24-19(27)15-4-3-5-17(12-15)23-14(2)26/h3-12H,1-2H3,(H,23,26)(H,24,27)(H,21,22,25). The summed E-state index contributed by atoms with van der Waals surface area (Å²) in [5.74, 6) is -0.662. The number of carbonyl (C=O) groups excluding carboxylic acids is 2. The fourth-order valence-electron chi connectivity index (χ4n) is 2.54. The molecule has 0 atom stereocenters. The molecule has 0 saturated heterocycles. The molecule has 0 radical (unpaired) electrons. The van der Waals surface area contributed by atoms with Crippen LogP contribution in [0.15, 0.2) is 65.7 Å². The monoisotopic (exact) mass is 425 g/mol. The summed E-state index contributed by atoms with van der Waals surface area (Å²) in [6, 6.07) is 13.8. The maximum Gasteiger partial charge on any atom is 0.264 e. The second kappa shape index (κ2) is 8.70. The highest BCUT2D eigenvalue weighted by Crippen LogP contribution is 2.18. The first kappa shape index (κ1) is 20.9. The molecule has 30 heavy (non-hydrogen) atoms. The topological polar surface area (TPSA) is 130 Å². The van der Waals surface area contributed by atoms with Crippen molar-refractivity contribution in [3.8, 4) is 0 Å². The van der Waals surface area contributed by atoms with Crippen molar-refractivity contribution < 1.29 is 18.0 Å². The van der Waals surface area contributed by atoms with Crippen molar-refractivity contribution in [3.05, 3.63) is 72.1 Å². The van der Waals surface area contributed by atoms with Crippen molar-refractivity contribution in [2.24, 2.45) is 0 Å². The molecule has 1 aromatic heterocycles. The number of amides is 2. The molecule has 154 valence electrons. The lowest BCUT2D eigenvalue weighted by atomic mass is 10.2. The second-order valence-electron chi connectivity index (χ2n) is 6.37. The Morgan fingerprint density at radius 3 is 2.33 bits per heavy atom. The predicted octanol–water partition coefficient (Wildman–Crippen LogP) is 2.80. The van der Waals surface area contributed by atoms with Gasteiger partial charge in [-0.1, -0.05) is 6.07 Å². The van der Waals surface area contributed by atoms with Crippen LogP contribution in [0, 0.1) is 6.92 Å². The Hall–Kier alpha value is -3.79. The van der Waals surface area contributed by atoms with Crippen LogP contribution in [-0.4, -0.2) is 30.2 Å². The number of hydrogen-bond donors (Lipinski definition) is 3. The lowest BCUT2D eigenvalue weighted by Gasteiger charge is -2.09. The summed E-state index contributed by atoms with van der Waals surface area (Å²) in [6.07, 6.45) is 1.46. The molecule has 2 aromatic carbocycles. The number of aromatic nitrogens is 2. The minimum Gasteiger partial charge on any atom is -0.326 e. The summed E-state index contributed by atoms with van der Waals surface area (Å²) in [5, 5.41) is 5.29. The normalized spacial score (nSPS) is 10.9.